The minimum atomic E-state index is 0.168. The number of rotatable bonds is 7. The number of hydrogen-bond donors (Lipinski definition) is 2. The molecule has 1 amide bonds. The second-order valence-electron chi connectivity index (χ2n) is 10.1. The third-order valence-electron chi connectivity index (χ3n) is 7.95. The van der Waals surface area contributed by atoms with E-state index in [0.717, 1.165) is 54.2 Å². The molecule has 1 aromatic heterocycles. The second-order valence-corrected chi connectivity index (χ2v) is 10.1. The fraction of sp³-hybridized carbons (Fsp3) is 0.448. The number of hydrogen-bond acceptors (Lipinski definition) is 5. The summed E-state index contributed by atoms with van der Waals surface area (Å²) in [5, 5.41) is 3.89. The van der Waals surface area contributed by atoms with E-state index in [1.165, 1.54) is 11.1 Å². The van der Waals surface area contributed by atoms with Crippen LogP contribution in [0.5, 0.6) is 5.75 Å². The standard InChI is InChI=1S/C29H37N5O2/c1-19-28(32-18-31-19)20(2)34-14-8-11-24(29(34)21-9-6-5-7-10-21)30-17-23-15-25-22(16-26(23)36-4)12-13-27(35)33(25)3/h5-7,9-10,15-16,18,20,24,29-30H,8,11-14,17H2,1-4H3,(H,31,32)/t20?,24-,29-/m0/s1. The molecule has 1 saturated heterocycles. The summed E-state index contributed by atoms with van der Waals surface area (Å²) in [5.74, 6) is 1.05. The maximum absolute atomic E-state index is 12.3. The summed E-state index contributed by atoms with van der Waals surface area (Å²) in [7, 11) is 3.60. The van der Waals surface area contributed by atoms with Gasteiger partial charge in [0, 0.05) is 43.0 Å². The van der Waals surface area contributed by atoms with E-state index in [2.05, 4.69) is 76.5 Å². The fourth-order valence-electron chi connectivity index (χ4n) is 5.97. The van der Waals surface area contributed by atoms with Crippen molar-refractivity contribution in [3.05, 3.63) is 76.9 Å². The number of nitrogens with one attached hydrogen (secondary N) is 2. The minimum absolute atomic E-state index is 0.168. The zero-order valence-electron chi connectivity index (χ0n) is 21.8. The second kappa shape index (κ2) is 10.4. The van der Waals surface area contributed by atoms with E-state index < -0.39 is 0 Å². The highest BCUT2D eigenvalue weighted by atomic mass is 16.5. The third-order valence-corrected chi connectivity index (χ3v) is 7.95. The Morgan fingerprint density at radius 2 is 2.03 bits per heavy atom. The van der Waals surface area contributed by atoms with Crippen LogP contribution in [0.25, 0.3) is 0 Å². The molecule has 0 bridgehead atoms. The Balaban J connectivity index is 1.43. The molecule has 2 aliphatic heterocycles. The third kappa shape index (κ3) is 4.65. The highest BCUT2D eigenvalue weighted by Gasteiger charge is 2.36. The summed E-state index contributed by atoms with van der Waals surface area (Å²) in [6.45, 7) is 6.07. The van der Waals surface area contributed by atoms with Crippen molar-refractivity contribution in [2.24, 2.45) is 0 Å². The normalized spacial score (nSPS) is 21.3. The SMILES string of the molecule is COc1cc2c(cc1CN[C@H]1CCCN(C(C)c3nc[nH]c3C)[C@H]1c1ccccc1)N(C)C(=O)CC2. The minimum Gasteiger partial charge on any atom is -0.496 e. The molecule has 7 heteroatoms. The average molecular weight is 488 g/mol. The number of piperidine rings is 1. The maximum atomic E-state index is 12.3. The van der Waals surface area contributed by atoms with Gasteiger partial charge in [-0.2, -0.15) is 0 Å². The van der Waals surface area contributed by atoms with Gasteiger partial charge in [0.2, 0.25) is 5.91 Å². The van der Waals surface area contributed by atoms with Gasteiger partial charge in [-0.25, -0.2) is 4.98 Å². The number of aromatic amines is 1. The summed E-state index contributed by atoms with van der Waals surface area (Å²) in [5.41, 5.74) is 6.81. The molecule has 1 unspecified atom stereocenters. The number of ether oxygens (including phenoxy) is 1. The molecule has 2 aromatic carbocycles. The number of carbonyl (C=O) groups excluding carboxylic acids is 1. The average Bonchev–Trinajstić information content (AvgIpc) is 3.34. The van der Waals surface area contributed by atoms with Crippen molar-refractivity contribution in [2.75, 3.05) is 25.6 Å². The zero-order valence-corrected chi connectivity index (χ0v) is 21.8. The number of imidazole rings is 1. The predicted molar refractivity (Wildman–Crippen MR) is 142 cm³/mol. The van der Waals surface area contributed by atoms with Crippen molar-refractivity contribution in [2.45, 2.75) is 64.2 Å². The Morgan fingerprint density at radius 3 is 2.75 bits per heavy atom. The highest BCUT2D eigenvalue weighted by Crippen LogP contribution is 2.39. The molecular weight excluding hydrogens is 450 g/mol. The summed E-state index contributed by atoms with van der Waals surface area (Å²) in [6.07, 6.45) is 5.32. The van der Waals surface area contributed by atoms with Crippen LogP contribution in [0.4, 0.5) is 5.69 Å². The van der Waals surface area contributed by atoms with Gasteiger partial charge in [0.1, 0.15) is 5.75 Å². The first-order chi connectivity index (χ1) is 17.5. The largest absolute Gasteiger partial charge is 0.496 e. The van der Waals surface area contributed by atoms with E-state index in [9.17, 15) is 4.79 Å². The van der Waals surface area contributed by atoms with E-state index >= 15 is 0 Å². The zero-order chi connectivity index (χ0) is 25.2. The fourth-order valence-corrected chi connectivity index (χ4v) is 5.97. The molecule has 0 aliphatic carbocycles. The molecule has 3 aromatic rings. The molecular formula is C29H37N5O2. The van der Waals surface area contributed by atoms with Gasteiger partial charge < -0.3 is 19.9 Å². The summed E-state index contributed by atoms with van der Waals surface area (Å²) in [6, 6.07) is 15.7. The first-order valence-corrected chi connectivity index (χ1v) is 13.0. The Morgan fingerprint density at radius 1 is 1.22 bits per heavy atom. The van der Waals surface area contributed by atoms with Crippen molar-refractivity contribution >= 4 is 11.6 Å². The van der Waals surface area contributed by atoms with Crippen LogP contribution in [-0.2, 0) is 17.8 Å². The Bertz CT molecular complexity index is 1210. The number of likely N-dealkylation sites (tertiary alicyclic amines) is 1. The Labute approximate surface area is 213 Å². The van der Waals surface area contributed by atoms with E-state index in [4.69, 9.17) is 4.74 Å². The van der Waals surface area contributed by atoms with Crippen LogP contribution in [0, 0.1) is 6.92 Å². The number of methoxy groups -OCH3 is 1. The number of H-pyrrole nitrogens is 1. The van der Waals surface area contributed by atoms with Crippen LogP contribution < -0.4 is 15.0 Å². The van der Waals surface area contributed by atoms with E-state index in [-0.39, 0.29) is 24.0 Å². The smallest absolute Gasteiger partial charge is 0.227 e. The summed E-state index contributed by atoms with van der Waals surface area (Å²) < 4.78 is 5.78. The van der Waals surface area contributed by atoms with Crippen molar-refractivity contribution < 1.29 is 9.53 Å². The molecule has 5 rings (SSSR count). The number of fused-ring (bicyclic) bond motifs is 1. The number of aryl methyl sites for hydroxylation is 2. The van der Waals surface area contributed by atoms with Gasteiger partial charge in [-0.3, -0.25) is 9.69 Å². The van der Waals surface area contributed by atoms with Gasteiger partial charge in [-0.05, 0) is 62.9 Å². The number of nitrogens with zero attached hydrogens (tertiary/aromatic N) is 3. The molecule has 2 N–H and O–H groups in total. The van der Waals surface area contributed by atoms with Crippen LogP contribution in [0.15, 0.2) is 48.8 Å². The lowest BCUT2D eigenvalue weighted by molar-refractivity contribution is -0.118. The molecule has 2 aliphatic rings. The molecule has 1 fully saturated rings. The first kappa shape index (κ1) is 24.5. The number of aromatic nitrogens is 2. The number of benzene rings is 2. The maximum Gasteiger partial charge on any atom is 0.227 e. The number of anilines is 1. The van der Waals surface area contributed by atoms with Crippen LogP contribution in [0.1, 0.15) is 66.3 Å². The molecule has 3 heterocycles. The van der Waals surface area contributed by atoms with Crippen molar-refractivity contribution in [1.29, 1.82) is 0 Å². The number of carbonyl (C=O) groups is 1. The first-order valence-electron chi connectivity index (χ1n) is 13.0. The lowest BCUT2D eigenvalue weighted by Crippen LogP contribution is -2.49. The van der Waals surface area contributed by atoms with Crippen molar-refractivity contribution in [1.82, 2.24) is 20.2 Å². The van der Waals surface area contributed by atoms with Crippen molar-refractivity contribution in [3.63, 3.8) is 0 Å². The molecule has 36 heavy (non-hydrogen) atoms. The molecule has 190 valence electrons. The van der Waals surface area contributed by atoms with E-state index in [1.54, 1.807) is 18.3 Å². The monoisotopic (exact) mass is 487 g/mol. The molecule has 0 radical (unpaired) electrons. The molecule has 3 atom stereocenters. The van der Waals surface area contributed by atoms with Gasteiger partial charge >= 0.3 is 0 Å². The lowest BCUT2D eigenvalue weighted by Gasteiger charge is -2.45. The van der Waals surface area contributed by atoms with E-state index in [0.29, 0.717) is 13.0 Å². The molecule has 0 spiro atoms. The van der Waals surface area contributed by atoms with Crippen LogP contribution in [0.3, 0.4) is 0 Å². The van der Waals surface area contributed by atoms with Crippen LogP contribution >= 0.6 is 0 Å². The molecule has 0 saturated carbocycles. The topological polar surface area (TPSA) is 73.5 Å². The van der Waals surface area contributed by atoms with Crippen LogP contribution in [0.2, 0.25) is 0 Å². The van der Waals surface area contributed by atoms with Gasteiger partial charge in [-0.15, -0.1) is 0 Å². The van der Waals surface area contributed by atoms with Crippen LogP contribution in [-0.4, -0.2) is 47.5 Å². The highest BCUT2D eigenvalue weighted by molar-refractivity contribution is 5.96. The summed E-state index contributed by atoms with van der Waals surface area (Å²) >= 11 is 0. The van der Waals surface area contributed by atoms with Gasteiger partial charge in [0.25, 0.3) is 0 Å². The predicted octanol–water partition coefficient (Wildman–Crippen LogP) is 4.69. The van der Waals surface area contributed by atoms with E-state index in [1.807, 2.05) is 7.05 Å². The quantitative estimate of drug-likeness (QED) is 0.506. The van der Waals surface area contributed by atoms with Crippen molar-refractivity contribution in [3.8, 4) is 5.75 Å². The molecule has 7 nitrogen and oxygen atoms in total. The van der Waals surface area contributed by atoms with Gasteiger partial charge in [-0.1, -0.05) is 30.3 Å². The van der Waals surface area contributed by atoms with Gasteiger partial charge in [0.15, 0.2) is 0 Å². The summed E-state index contributed by atoms with van der Waals surface area (Å²) in [4.78, 5) is 24.6. The van der Waals surface area contributed by atoms with Gasteiger partial charge in [0.05, 0.1) is 31.2 Å². The lowest BCUT2D eigenvalue weighted by atomic mass is 9.88. The Kier molecular flexibility index (Phi) is 7.12. The number of amides is 1. The Hall–Kier alpha value is -3.16.